The summed E-state index contributed by atoms with van der Waals surface area (Å²) in [4.78, 5) is 22.0. The van der Waals surface area contributed by atoms with E-state index in [2.05, 4.69) is 6.92 Å². The van der Waals surface area contributed by atoms with Gasteiger partial charge in [0, 0.05) is 12.8 Å². The molecule has 0 aliphatic rings. The van der Waals surface area contributed by atoms with E-state index >= 15 is 0 Å². The van der Waals surface area contributed by atoms with Gasteiger partial charge in [-0.2, -0.15) is 0 Å². The van der Waals surface area contributed by atoms with Crippen LogP contribution in [0.1, 0.15) is 142 Å². The van der Waals surface area contributed by atoms with Gasteiger partial charge in [0.2, 0.25) is 0 Å². The van der Waals surface area contributed by atoms with E-state index in [1.807, 2.05) is 6.92 Å². The molecule has 0 aromatic rings. The molecule has 0 amide bonds. The normalized spacial score (nSPS) is 14.2. The highest BCUT2D eigenvalue weighted by molar-refractivity contribution is 7.47. The van der Waals surface area contributed by atoms with Crippen LogP contribution in [0.3, 0.4) is 0 Å². The highest BCUT2D eigenvalue weighted by atomic mass is 31.2. The van der Waals surface area contributed by atoms with Gasteiger partial charge in [-0.3, -0.25) is 13.8 Å². The molecule has 0 aliphatic carbocycles. The Labute approximate surface area is 210 Å². The minimum Gasteiger partial charge on any atom is -0.330 e. The van der Waals surface area contributed by atoms with E-state index in [1.165, 1.54) is 77.0 Å². The van der Waals surface area contributed by atoms with Gasteiger partial charge in [-0.05, 0) is 38.1 Å². The topological polar surface area (TPSA) is 98.8 Å². The molecule has 0 bridgehead atoms. The van der Waals surface area contributed by atoms with E-state index in [9.17, 15) is 14.3 Å². The first-order valence-electron chi connectivity index (χ1n) is 14.3. The number of nitrogens with two attached hydrogens (primary N) is 1. The molecule has 0 saturated carbocycles. The Morgan fingerprint density at radius 2 is 1.29 bits per heavy atom. The van der Waals surface area contributed by atoms with Crippen LogP contribution in [-0.4, -0.2) is 30.4 Å². The second-order valence-electron chi connectivity index (χ2n) is 9.84. The lowest BCUT2D eigenvalue weighted by Crippen LogP contribution is -2.15. The van der Waals surface area contributed by atoms with Crippen molar-refractivity contribution in [3.8, 4) is 0 Å². The molecular formula is C27H56NO5P. The maximum absolute atomic E-state index is 12.1. The summed E-state index contributed by atoms with van der Waals surface area (Å²) >= 11 is 0. The fourth-order valence-corrected chi connectivity index (χ4v) is 5.07. The van der Waals surface area contributed by atoms with Crippen LogP contribution >= 0.6 is 7.82 Å². The number of ketones is 1. The number of carbonyl (C=O) groups excluding carboxylic acids is 1. The summed E-state index contributed by atoms with van der Waals surface area (Å²) in [6, 6.07) is 0. The first kappa shape index (κ1) is 33.7. The Balaban J connectivity index is 3.96. The van der Waals surface area contributed by atoms with Crippen molar-refractivity contribution >= 4 is 13.6 Å². The summed E-state index contributed by atoms with van der Waals surface area (Å²) in [7, 11) is -4.07. The van der Waals surface area contributed by atoms with E-state index in [-0.39, 0.29) is 24.9 Å². The van der Waals surface area contributed by atoms with Gasteiger partial charge in [0.25, 0.3) is 0 Å². The van der Waals surface area contributed by atoms with E-state index in [4.69, 9.17) is 14.8 Å². The zero-order chi connectivity index (χ0) is 25.3. The molecule has 34 heavy (non-hydrogen) atoms. The number of rotatable bonds is 27. The highest BCUT2D eigenvalue weighted by Crippen LogP contribution is 2.44. The predicted molar refractivity (Wildman–Crippen MR) is 143 cm³/mol. The van der Waals surface area contributed by atoms with Crippen LogP contribution in [0.5, 0.6) is 0 Å². The van der Waals surface area contributed by atoms with Crippen LogP contribution < -0.4 is 5.73 Å². The third-order valence-corrected chi connectivity index (χ3v) is 7.32. The molecule has 0 spiro atoms. The minimum absolute atomic E-state index is 0.0236. The number of phosphoric ester groups is 1. The fraction of sp³-hybridized carbons (Fsp3) is 0.963. The average molecular weight is 506 g/mol. The molecule has 0 aromatic carbocycles. The summed E-state index contributed by atoms with van der Waals surface area (Å²) in [5.74, 6) is 0.183. The molecule has 2 unspecified atom stereocenters. The van der Waals surface area contributed by atoms with Crippen LogP contribution in [0.15, 0.2) is 0 Å². The van der Waals surface area contributed by atoms with Crippen molar-refractivity contribution in [2.24, 2.45) is 11.7 Å². The molecule has 0 heterocycles. The van der Waals surface area contributed by atoms with Gasteiger partial charge >= 0.3 is 7.82 Å². The van der Waals surface area contributed by atoms with Gasteiger partial charge in [-0.25, -0.2) is 4.57 Å². The van der Waals surface area contributed by atoms with E-state index in [0.717, 1.165) is 32.1 Å². The highest BCUT2D eigenvalue weighted by Gasteiger charge is 2.24. The molecule has 0 fully saturated rings. The van der Waals surface area contributed by atoms with Gasteiger partial charge in [-0.1, -0.05) is 104 Å². The summed E-state index contributed by atoms with van der Waals surface area (Å²) < 4.78 is 22.3. The van der Waals surface area contributed by atoms with Crippen LogP contribution in [0, 0.1) is 5.92 Å². The molecule has 204 valence electrons. The molecule has 0 aromatic heterocycles. The summed E-state index contributed by atoms with van der Waals surface area (Å²) in [5.41, 5.74) is 5.42. The molecule has 0 rings (SSSR count). The van der Waals surface area contributed by atoms with Crippen molar-refractivity contribution in [2.45, 2.75) is 142 Å². The largest absolute Gasteiger partial charge is 0.472 e. The first-order valence-corrected chi connectivity index (χ1v) is 15.8. The van der Waals surface area contributed by atoms with Crippen molar-refractivity contribution in [1.82, 2.24) is 0 Å². The number of Topliss-reactive ketones (excluding diaryl/α,β-unsaturated/α-hetero) is 1. The lowest BCUT2D eigenvalue weighted by Gasteiger charge is -2.19. The summed E-state index contributed by atoms with van der Waals surface area (Å²) in [6.45, 7) is 5.04. The minimum atomic E-state index is -4.07. The van der Waals surface area contributed by atoms with Crippen molar-refractivity contribution in [3.63, 3.8) is 0 Å². The van der Waals surface area contributed by atoms with Crippen molar-refractivity contribution in [1.29, 1.82) is 0 Å². The monoisotopic (exact) mass is 505 g/mol. The molecule has 3 N–H and O–H groups in total. The Morgan fingerprint density at radius 3 is 1.79 bits per heavy atom. The molecule has 7 heteroatoms. The van der Waals surface area contributed by atoms with Gasteiger partial charge < -0.3 is 10.6 Å². The number of hydrogen-bond acceptors (Lipinski definition) is 5. The zero-order valence-electron chi connectivity index (χ0n) is 22.4. The van der Waals surface area contributed by atoms with Gasteiger partial charge in [-0.15, -0.1) is 0 Å². The lowest BCUT2D eigenvalue weighted by molar-refractivity contribution is -0.120. The SMILES string of the molecule is CCCCCCCCCCCCCCCCC(COP(=O)(O)OCCCCN)CC(=O)CCC. The number of hydrogen-bond donors (Lipinski definition) is 2. The summed E-state index contributed by atoms with van der Waals surface area (Å²) in [5, 5.41) is 0. The van der Waals surface area contributed by atoms with Gasteiger partial charge in [0.15, 0.2) is 0 Å². The van der Waals surface area contributed by atoms with Crippen LogP contribution in [0.25, 0.3) is 0 Å². The standard InChI is InChI=1S/C27H56NO5P/c1-3-5-6-7-8-9-10-11-12-13-14-15-16-17-21-26(24-27(29)20-4-2)25-33-34(30,31)32-23-19-18-22-28/h26H,3-25,28H2,1-2H3,(H,30,31). The Bertz CT molecular complexity index is 503. The molecule has 0 radical (unpaired) electrons. The Kier molecular flexibility index (Phi) is 24.2. The van der Waals surface area contributed by atoms with Gasteiger partial charge in [0.05, 0.1) is 13.2 Å². The Hall–Kier alpha value is -0.260. The van der Waals surface area contributed by atoms with Gasteiger partial charge in [0.1, 0.15) is 5.78 Å². The smallest absolute Gasteiger partial charge is 0.330 e. The Morgan fingerprint density at radius 1 is 0.765 bits per heavy atom. The molecule has 2 atom stereocenters. The second kappa shape index (κ2) is 24.4. The predicted octanol–water partition coefficient (Wildman–Crippen LogP) is 8.11. The van der Waals surface area contributed by atoms with E-state index in [0.29, 0.717) is 25.8 Å². The quantitative estimate of drug-likeness (QED) is 0.0864. The fourth-order valence-electron chi connectivity index (χ4n) is 4.24. The second-order valence-corrected chi connectivity index (χ2v) is 11.3. The number of carbonyl (C=O) groups is 1. The number of unbranched alkanes of at least 4 members (excludes halogenated alkanes) is 14. The van der Waals surface area contributed by atoms with Crippen molar-refractivity contribution in [2.75, 3.05) is 19.8 Å². The molecular weight excluding hydrogens is 449 g/mol. The average Bonchev–Trinajstić information content (AvgIpc) is 2.80. The molecule has 0 saturated heterocycles. The summed E-state index contributed by atoms with van der Waals surface area (Å²) in [6.07, 6.45) is 22.4. The van der Waals surface area contributed by atoms with E-state index in [1.54, 1.807) is 0 Å². The lowest BCUT2D eigenvalue weighted by atomic mass is 9.94. The third kappa shape index (κ3) is 23.5. The third-order valence-electron chi connectivity index (χ3n) is 6.34. The van der Waals surface area contributed by atoms with Crippen LogP contribution in [-0.2, 0) is 18.4 Å². The van der Waals surface area contributed by atoms with Crippen LogP contribution in [0.2, 0.25) is 0 Å². The van der Waals surface area contributed by atoms with E-state index < -0.39 is 7.82 Å². The maximum atomic E-state index is 12.1. The van der Waals surface area contributed by atoms with Crippen molar-refractivity contribution in [3.05, 3.63) is 0 Å². The van der Waals surface area contributed by atoms with Crippen molar-refractivity contribution < 1.29 is 23.3 Å². The maximum Gasteiger partial charge on any atom is 0.472 e. The van der Waals surface area contributed by atoms with Crippen LogP contribution in [0.4, 0.5) is 0 Å². The molecule has 6 nitrogen and oxygen atoms in total. The number of phosphoric acid groups is 1. The molecule has 0 aliphatic heterocycles. The zero-order valence-corrected chi connectivity index (χ0v) is 23.3. The first-order chi connectivity index (χ1) is 16.4.